The fourth-order valence-corrected chi connectivity index (χ4v) is 4.21. The lowest BCUT2D eigenvalue weighted by Gasteiger charge is -2.37. The third-order valence-corrected chi connectivity index (χ3v) is 5.91. The number of rotatable bonds is 7. The van der Waals surface area contributed by atoms with E-state index in [4.69, 9.17) is 0 Å². The first kappa shape index (κ1) is 19.4. The Hall–Kier alpha value is -0.950. The van der Waals surface area contributed by atoms with Gasteiger partial charge in [-0.05, 0) is 58.2 Å². The van der Waals surface area contributed by atoms with Crippen LogP contribution in [0.3, 0.4) is 0 Å². The van der Waals surface area contributed by atoms with Gasteiger partial charge in [0.15, 0.2) is 0 Å². The second-order valence-electron chi connectivity index (χ2n) is 7.27. The molecule has 0 bridgehead atoms. The van der Waals surface area contributed by atoms with Crippen LogP contribution in [0.15, 0.2) is 24.3 Å². The van der Waals surface area contributed by atoms with Crippen molar-refractivity contribution in [1.82, 2.24) is 14.3 Å². The van der Waals surface area contributed by atoms with Crippen LogP contribution >= 0.6 is 0 Å². The van der Waals surface area contributed by atoms with Gasteiger partial charge in [0.2, 0.25) is 0 Å². The zero-order chi connectivity index (χ0) is 17.7. The van der Waals surface area contributed by atoms with Crippen molar-refractivity contribution in [3.05, 3.63) is 35.4 Å². The summed E-state index contributed by atoms with van der Waals surface area (Å²) < 4.78 is 29.6. The highest BCUT2D eigenvalue weighted by molar-refractivity contribution is 7.87. The summed E-state index contributed by atoms with van der Waals surface area (Å²) in [6, 6.07) is 8.37. The molecule has 1 aliphatic heterocycles. The molecule has 136 valence electrons. The smallest absolute Gasteiger partial charge is 0.277 e. The van der Waals surface area contributed by atoms with Gasteiger partial charge in [-0.15, -0.1) is 0 Å². The summed E-state index contributed by atoms with van der Waals surface area (Å²) in [7, 11) is -3.47. The van der Waals surface area contributed by atoms with Crippen molar-refractivity contribution in [3.63, 3.8) is 0 Å². The van der Waals surface area contributed by atoms with E-state index < -0.39 is 10.2 Å². The Morgan fingerprint density at radius 2 is 1.75 bits per heavy atom. The molecule has 1 fully saturated rings. The van der Waals surface area contributed by atoms with Crippen LogP contribution in [0.2, 0.25) is 0 Å². The lowest BCUT2D eigenvalue weighted by Crippen LogP contribution is -2.46. The van der Waals surface area contributed by atoms with Gasteiger partial charge in [-0.25, -0.2) is 4.72 Å². The van der Waals surface area contributed by atoms with Crippen molar-refractivity contribution >= 4 is 10.2 Å². The summed E-state index contributed by atoms with van der Waals surface area (Å²) in [6.07, 6.45) is 2.33. The van der Waals surface area contributed by atoms with E-state index in [1.807, 2.05) is 13.8 Å². The van der Waals surface area contributed by atoms with Crippen LogP contribution < -0.4 is 9.44 Å². The van der Waals surface area contributed by atoms with Gasteiger partial charge in [0.25, 0.3) is 10.2 Å². The third kappa shape index (κ3) is 5.84. The summed E-state index contributed by atoms with van der Waals surface area (Å²) >= 11 is 0. The number of benzene rings is 1. The van der Waals surface area contributed by atoms with Gasteiger partial charge >= 0.3 is 0 Å². The number of likely N-dealkylation sites (tertiary alicyclic amines) is 1. The molecule has 0 aliphatic carbocycles. The van der Waals surface area contributed by atoms with Crippen LogP contribution in [-0.2, 0) is 10.2 Å². The summed E-state index contributed by atoms with van der Waals surface area (Å²) in [5.74, 6) is 0.749. The minimum atomic E-state index is -3.47. The molecule has 0 spiro atoms. The summed E-state index contributed by atoms with van der Waals surface area (Å²) in [4.78, 5) is 2.41. The Balaban J connectivity index is 2.12. The molecule has 6 heteroatoms. The van der Waals surface area contributed by atoms with E-state index in [1.54, 1.807) is 0 Å². The second kappa shape index (κ2) is 8.43. The van der Waals surface area contributed by atoms with Crippen LogP contribution in [0.4, 0.5) is 0 Å². The topological polar surface area (TPSA) is 61.4 Å². The molecule has 1 saturated heterocycles. The molecule has 1 aromatic rings. The fraction of sp³-hybridized carbons (Fsp3) is 0.667. The highest BCUT2D eigenvalue weighted by Gasteiger charge is 2.26. The van der Waals surface area contributed by atoms with Gasteiger partial charge in [0, 0.05) is 18.6 Å². The summed E-state index contributed by atoms with van der Waals surface area (Å²) in [5.41, 5.74) is 2.38. The van der Waals surface area contributed by atoms with Crippen molar-refractivity contribution in [2.45, 2.75) is 52.6 Å². The number of nitrogens with one attached hydrogen (secondary N) is 2. The Morgan fingerprint density at radius 3 is 2.29 bits per heavy atom. The average Bonchev–Trinajstić information content (AvgIpc) is 2.49. The standard InChI is InChI=1S/C18H31N3O2S/c1-14(2)20-24(22,23)19-13-18(17-7-5-15(3)6-8-17)21-11-9-16(4)10-12-21/h5-8,14,16,18-20H,9-13H2,1-4H3. The maximum absolute atomic E-state index is 12.1. The SMILES string of the molecule is Cc1ccc(C(CNS(=O)(=O)NC(C)C)N2CCC(C)CC2)cc1. The minimum absolute atomic E-state index is 0.0711. The zero-order valence-electron chi connectivity index (χ0n) is 15.2. The first-order valence-electron chi connectivity index (χ1n) is 8.84. The molecule has 1 unspecified atom stereocenters. The van der Waals surface area contributed by atoms with Crippen LogP contribution in [0, 0.1) is 12.8 Å². The van der Waals surface area contributed by atoms with Gasteiger partial charge in [-0.2, -0.15) is 13.1 Å². The van der Waals surface area contributed by atoms with Gasteiger partial charge in [0.1, 0.15) is 0 Å². The molecule has 1 aromatic carbocycles. The van der Waals surface area contributed by atoms with Crippen molar-refractivity contribution in [3.8, 4) is 0 Å². The second-order valence-corrected chi connectivity index (χ2v) is 8.80. The molecule has 0 aromatic heterocycles. The molecule has 1 heterocycles. The molecule has 2 rings (SSSR count). The molecule has 0 radical (unpaired) electrons. The normalized spacial score (nSPS) is 18.9. The number of aryl methyl sites for hydroxylation is 1. The van der Waals surface area contributed by atoms with Gasteiger partial charge in [-0.1, -0.05) is 36.8 Å². The minimum Gasteiger partial charge on any atom is -0.295 e. The Bertz CT molecular complexity index is 606. The van der Waals surface area contributed by atoms with E-state index in [0.29, 0.717) is 6.54 Å². The number of hydrogen-bond donors (Lipinski definition) is 2. The van der Waals surface area contributed by atoms with E-state index in [9.17, 15) is 8.42 Å². The molecule has 0 saturated carbocycles. The van der Waals surface area contributed by atoms with E-state index in [2.05, 4.69) is 52.5 Å². The predicted molar refractivity (Wildman–Crippen MR) is 99.1 cm³/mol. The van der Waals surface area contributed by atoms with Crippen molar-refractivity contribution in [1.29, 1.82) is 0 Å². The molecule has 1 atom stereocenters. The molecular formula is C18H31N3O2S. The van der Waals surface area contributed by atoms with E-state index in [0.717, 1.165) is 19.0 Å². The molecule has 24 heavy (non-hydrogen) atoms. The summed E-state index contributed by atoms with van der Waals surface area (Å²) in [6.45, 7) is 10.4. The largest absolute Gasteiger partial charge is 0.295 e. The molecule has 2 N–H and O–H groups in total. The lowest BCUT2D eigenvalue weighted by atomic mass is 9.95. The number of piperidine rings is 1. The van der Waals surface area contributed by atoms with Crippen molar-refractivity contribution in [2.24, 2.45) is 5.92 Å². The van der Waals surface area contributed by atoms with Crippen LogP contribution in [-0.4, -0.2) is 39.0 Å². The quantitative estimate of drug-likeness (QED) is 0.792. The molecule has 0 amide bonds. The van der Waals surface area contributed by atoms with E-state index >= 15 is 0 Å². The molecule has 5 nitrogen and oxygen atoms in total. The van der Waals surface area contributed by atoms with Gasteiger partial charge in [0.05, 0.1) is 0 Å². The highest BCUT2D eigenvalue weighted by Crippen LogP contribution is 2.26. The van der Waals surface area contributed by atoms with E-state index in [1.165, 1.54) is 24.0 Å². The van der Waals surface area contributed by atoms with E-state index in [-0.39, 0.29) is 12.1 Å². The molecule has 1 aliphatic rings. The van der Waals surface area contributed by atoms with Crippen LogP contribution in [0.25, 0.3) is 0 Å². The first-order valence-corrected chi connectivity index (χ1v) is 10.3. The Kier molecular flexibility index (Phi) is 6.80. The van der Waals surface area contributed by atoms with Gasteiger partial charge < -0.3 is 0 Å². The highest BCUT2D eigenvalue weighted by atomic mass is 32.2. The molecular weight excluding hydrogens is 322 g/mol. The van der Waals surface area contributed by atoms with Gasteiger partial charge in [-0.3, -0.25) is 4.90 Å². The Labute approximate surface area is 147 Å². The summed E-state index contributed by atoms with van der Waals surface area (Å²) in [5, 5.41) is 0. The maximum atomic E-state index is 12.1. The van der Waals surface area contributed by atoms with Crippen LogP contribution in [0.5, 0.6) is 0 Å². The third-order valence-electron chi connectivity index (χ3n) is 4.58. The van der Waals surface area contributed by atoms with Crippen LogP contribution in [0.1, 0.15) is 50.8 Å². The zero-order valence-corrected chi connectivity index (χ0v) is 16.1. The lowest BCUT2D eigenvalue weighted by molar-refractivity contribution is 0.139. The first-order chi connectivity index (χ1) is 11.3. The average molecular weight is 354 g/mol. The number of hydrogen-bond acceptors (Lipinski definition) is 3. The maximum Gasteiger partial charge on any atom is 0.277 e. The monoisotopic (exact) mass is 353 g/mol. The fourth-order valence-electron chi connectivity index (χ4n) is 3.13. The predicted octanol–water partition coefficient (Wildman–Crippen LogP) is 2.60. The van der Waals surface area contributed by atoms with Crippen molar-refractivity contribution < 1.29 is 8.42 Å². The number of nitrogens with zero attached hydrogens (tertiary/aromatic N) is 1. The Morgan fingerprint density at radius 1 is 1.17 bits per heavy atom. The van der Waals surface area contributed by atoms with Crippen molar-refractivity contribution in [2.75, 3.05) is 19.6 Å².